The zero-order valence-corrected chi connectivity index (χ0v) is 11.1. The molecule has 2 heterocycles. The number of rotatable bonds is 2. The summed E-state index contributed by atoms with van der Waals surface area (Å²) in [5, 5.41) is 3.55. The first-order chi connectivity index (χ1) is 8.86. The Kier molecular flexibility index (Phi) is 3.40. The van der Waals surface area contributed by atoms with Crippen LogP contribution in [0.3, 0.4) is 0 Å². The van der Waals surface area contributed by atoms with E-state index >= 15 is 0 Å². The van der Waals surface area contributed by atoms with E-state index in [0.717, 1.165) is 18.4 Å². The minimum absolute atomic E-state index is 0.0788. The Morgan fingerprint density at radius 2 is 2.28 bits per heavy atom. The molecule has 0 bridgehead atoms. The van der Waals surface area contributed by atoms with Gasteiger partial charge in [0, 0.05) is 6.04 Å². The summed E-state index contributed by atoms with van der Waals surface area (Å²) in [5.41, 5.74) is 0.0788. The third-order valence-corrected chi connectivity index (χ3v) is 4.91. The minimum atomic E-state index is 0.0788. The first kappa shape index (κ1) is 12.2. The zero-order chi connectivity index (χ0) is 12.4. The molecule has 0 aromatic heterocycles. The number of likely N-dealkylation sites (tertiary alicyclic amines) is 1. The van der Waals surface area contributed by atoms with Crippen LogP contribution < -0.4 is 5.32 Å². The Hall–Kier alpha value is -0.860. The molecule has 98 valence electrons. The molecule has 2 fully saturated rings. The van der Waals surface area contributed by atoms with Crippen molar-refractivity contribution < 1.29 is 0 Å². The van der Waals surface area contributed by atoms with Crippen LogP contribution in [-0.2, 0) is 0 Å². The molecule has 3 atom stereocenters. The van der Waals surface area contributed by atoms with Gasteiger partial charge in [-0.25, -0.2) is 0 Å². The monoisotopic (exact) mass is 244 g/mol. The molecule has 2 aliphatic heterocycles. The molecule has 2 nitrogen and oxygen atoms in total. The first-order valence-corrected chi connectivity index (χ1v) is 7.31. The summed E-state index contributed by atoms with van der Waals surface area (Å²) in [5.74, 6) is 0.837. The highest BCUT2D eigenvalue weighted by Crippen LogP contribution is 2.37. The van der Waals surface area contributed by atoms with Gasteiger partial charge in [-0.1, -0.05) is 30.4 Å². The van der Waals surface area contributed by atoms with E-state index < -0.39 is 0 Å². The molecular formula is C16H24N2. The van der Waals surface area contributed by atoms with Gasteiger partial charge in [-0.15, -0.1) is 6.58 Å². The number of hydrogen-bond donors (Lipinski definition) is 1. The van der Waals surface area contributed by atoms with E-state index in [1.165, 1.54) is 38.9 Å². The summed E-state index contributed by atoms with van der Waals surface area (Å²) in [4.78, 5) is 2.73. The molecule has 3 rings (SSSR count). The zero-order valence-electron chi connectivity index (χ0n) is 11.1. The minimum Gasteiger partial charge on any atom is -0.316 e. The van der Waals surface area contributed by atoms with Crippen LogP contribution in [0.25, 0.3) is 0 Å². The highest BCUT2D eigenvalue weighted by Gasteiger charge is 2.41. The molecule has 1 N–H and O–H groups in total. The fraction of sp³-hybridized carbons (Fsp3) is 0.625. The molecule has 3 aliphatic rings. The van der Waals surface area contributed by atoms with Gasteiger partial charge >= 0.3 is 0 Å². The van der Waals surface area contributed by atoms with Gasteiger partial charge in [0.25, 0.3) is 0 Å². The summed E-state index contributed by atoms with van der Waals surface area (Å²) in [6, 6.07) is 0.745. The largest absolute Gasteiger partial charge is 0.316 e. The number of piperidine rings is 2. The second-order valence-electron chi connectivity index (χ2n) is 5.84. The summed E-state index contributed by atoms with van der Waals surface area (Å²) in [7, 11) is 0. The van der Waals surface area contributed by atoms with Crippen molar-refractivity contribution in [1.82, 2.24) is 10.2 Å². The SMILES string of the molecule is C=CC1(N2CCCC3CNCCC32)C=CC=CC1. The van der Waals surface area contributed by atoms with E-state index in [1.54, 1.807) is 0 Å². The van der Waals surface area contributed by atoms with Gasteiger partial charge in [0.05, 0.1) is 5.54 Å². The fourth-order valence-corrected chi connectivity index (χ4v) is 3.93. The third-order valence-electron chi connectivity index (χ3n) is 4.91. The van der Waals surface area contributed by atoms with E-state index in [2.05, 4.69) is 47.2 Å². The van der Waals surface area contributed by atoms with Crippen LogP contribution in [0.5, 0.6) is 0 Å². The maximum atomic E-state index is 4.13. The highest BCUT2D eigenvalue weighted by molar-refractivity contribution is 5.28. The van der Waals surface area contributed by atoms with Crippen LogP contribution in [0.15, 0.2) is 37.0 Å². The maximum absolute atomic E-state index is 4.13. The Labute approximate surface area is 110 Å². The molecule has 1 aliphatic carbocycles. The first-order valence-electron chi connectivity index (χ1n) is 7.31. The van der Waals surface area contributed by atoms with Crippen molar-refractivity contribution in [3.63, 3.8) is 0 Å². The molecular weight excluding hydrogens is 220 g/mol. The van der Waals surface area contributed by atoms with Crippen molar-refractivity contribution in [3.8, 4) is 0 Å². The van der Waals surface area contributed by atoms with Gasteiger partial charge in [0.2, 0.25) is 0 Å². The summed E-state index contributed by atoms with van der Waals surface area (Å²) in [6.45, 7) is 7.73. The Bertz CT molecular complexity index is 369. The number of allylic oxidation sites excluding steroid dienone is 2. The smallest absolute Gasteiger partial charge is 0.0613 e. The van der Waals surface area contributed by atoms with Gasteiger partial charge in [0.1, 0.15) is 0 Å². The Morgan fingerprint density at radius 1 is 1.33 bits per heavy atom. The molecule has 0 saturated carbocycles. The maximum Gasteiger partial charge on any atom is 0.0613 e. The molecule has 0 spiro atoms. The van der Waals surface area contributed by atoms with Crippen molar-refractivity contribution in [2.75, 3.05) is 19.6 Å². The van der Waals surface area contributed by atoms with E-state index in [1.807, 2.05) is 0 Å². The standard InChI is InChI=1S/C16H24N2/c1-2-16(9-4-3-5-10-16)18-12-6-7-14-13-17-11-8-15(14)18/h2-5,9,14-15,17H,1,6-8,10-13H2. The van der Waals surface area contributed by atoms with Crippen LogP contribution >= 0.6 is 0 Å². The van der Waals surface area contributed by atoms with Gasteiger partial charge in [-0.05, 0) is 51.2 Å². The van der Waals surface area contributed by atoms with Crippen LogP contribution in [0.4, 0.5) is 0 Å². The quantitative estimate of drug-likeness (QED) is 0.751. The van der Waals surface area contributed by atoms with Crippen LogP contribution in [-0.4, -0.2) is 36.1 Å². The predicted octanol–water partition coefficient (Wildman–Crippen LogP) is 2.50. The van der Waals surface area contributed by atoms with Crippen LogP contribution in [0, 0.1) is 5.92 Å². The lowest BCUT2D eigenvalue weighted by Crippen LogP contribution is -2.60. The topological polar surface area (TPSA) is 15.3 Å². The molecule has 18 heavy (non-hydrogen) atoms. The van der Waals surface area contributed by atoms with E-state index in [4.69, 9.17) is 0 Å². The molecule has 0 radical (unpaired) electrons. The second-order valence-corrected chi connectivity index (χ2v) is 5.84. The van der Waals surface area contributed by atoms with Crippen molar-refractivity contribution in [2.24, 2.45) is 5.92 Å². The molecule has 2 saturated heterocycles. The number of hydrogen-bond acceptors (Lipinski definition) is 2. The average Bonchev–Trinajstić information content (AvgIpc) is 2.47. The second kappa shape index (κ2) is 5.02. The summed E-state index contributed by atoms with van der Waals surface area (Å²) >= 11 is 0. The number of nitrogens with one attached hydrogen (secondary N) is 1. The lowest BCUT2D eigenvalue weighted by atomic mass is 9.78. The van der Waals surface area contributed by atoms with Gasteiger partial charge in [0.15, 0.2) is 0 Å². The number of nitrogens with zero attached hydrogens (tertiary/aromatic N) is 1. The van der Waals surface area contributed by atoms with E-state index in [9.17, 15) is 0 Å². The molecule has 0 aromatic carbocycles. The number of fused-ring (bicyclic) bond motifs is 1. The highest BCUT2D eigenvalue weighted by atomic mass is 15.2. The summed E-state index contributed by atoms with van der Waals surface area (Å²) < 4.78 is 0. The van der Waals surface area contributed by atoms with E-state index in [0.29, 0.717) is 0 Å². The average molecular weight is 244 g/mol. The van der Waals surface area contributed by atoms with Gasteiger partial charge < -0.3 is 5.32 Å². The van der Waals surface area contributed by atoms with Crippen LogP contribution in [0.1, 0.15) is 25.7 Å². The normalized spacial score (nSPS) is 40.4. The Balaban J connectivity index is 1.86. The molecule has 3 unspecified atom stereocenters. The lowest BCUT2D eigenvalue weighted by Gasteiger charge is -2.52. The lowest BCUT2D eigenvalue weighted by molar-refractivity contribution is 0.0192. The van der Waals surface area contributed by atoms with E-state index in [-0.39, 0.29) is 5.54 Å². The van der Waals surface area contributed by atoms with Crippen molar-refractivity contribution in [3.05, 3.63) is 37.0 Å². The summed E-state index contributed by atoms with van der Waals surface area (Å²) in [6.07, 6.45) is 16.2. The van der Waals surface area contributed by atoms with Crippen molar-refractivity contribution in [2.45, 2.75) is 37.3 Å². The van der Waals surface area contributed by atoms with Gasteiger partial charge in [-0.3, -0.25) is 4.90 Å². The van der Waals surface area contributed by atoms with Gasteiger partial charge in [-0.2, -0.15) is 0 Å². The predicted molar refractivity (Wildman–Crippen MR) is 76.5 cm³/mol. The molecule has 2 heteroatoms. The molecule has 0 aromatic rings. The Morgan fingerprint density at radius 3 is 3.06 bits per heavy atom. The fourth-order valence-electron chi connectivity index (χ4n) is 3.93. The van der Waals surface area contributed by atoms with Crippen molar-refractivity contribution in [1.29, 1.82) is 0 Å². The van der Waals surface area contributed by atoms with Crippen molar-refractivity contribution >= 4 is 0 Å². The third kappa shape index (κ3) is 1.98. The van der Waals surface area contributed by atoms with Crippen LogP contribution in [0.2, 0.25) is 0 Å². The molecule has 0 amide bonds.